The van der Waals surface area contributed by atoms with Gasteiger partial charge in [-0.3, -0.25) is 0 Å². The quantitative estimate of drug-likeness (QED) is 0.852. The second-order valence-electron chi connectivity index (χ2n) is 6.00. The van der Waals surface area contributed by atoms with Crippen molar-refractivity contribution < 1.29 is 5.11 Å². The molecular weight excluding hydrogens is 236 g/mol. The predicted octanol–water partition coefficient (Wildman–Crippen LogP) is 2.29. The number of para-hydroxylation sites is 1. The van der Waals surface area contributed by atoms with E-state index in [0.717, 1.165) is 25.9 Å². The molecule has 3 heteroatoms. The van der Waals surface area contributed by atoms with Crippen molar-refractivity contribution >= 4 is 5.69 Å². The van der Waals surface area contributed by atoms with E-state index in [1.54, 1.807) is 0 Å². The lowest BCUT2D eigenvalue weighted by molar-refractivity contribution is -0.0314. The summed E-state index contributed by atoms with van der Waals surface area (Å²) < 4.78 is 0. The highest BCUT2D eigenvalue weighted by Crippen LogP contribution is 2.31. The smallest absolute Gasteiger partial charge is 0.0771 e. The Labute approximate surface area is 115 Å². The van der Waals surface area contributed by atoms with E-state index in [9.17, 15) is 5.11 Å². The second kappa shape index (κ2) is 5.51. The SMILES string of the molecule is OC1(CNCc2ccccc2N2CCCC2)CCC1. The van der Waals surface area contributed by atoms with Crippen LogP contribution in [-0.2, 0) is 6.54 Å². The molecule has 1 heterocycles. The minimum absolute atomic E-state index is 0.428. The van der Waals surface area contributed by atoms with Gasteiger partial charge in [-0.15, -0.1) is 0 Å². The van der Waals surface area contributed by atoms with E-state index in [4.69, 9.17) is 0 Å². The molecule has 3 nitrogen and oxygen atoms in total. The van der Waals surface area contributed by atoms with Crippen molar-refractivity contribution in [3.8, 4) is 0 Å². The molecule has 104 valence electrons. The number of anilines is 1. The Hall–Kier alpha value is -1.06. The molecule has 0 bridgehead atoms. The Balaban J connectivity index is 1.60. The van der Waals surface area contributed by atoms with Crippen LogP contribution in [0.25, 0.3) is 0 Å². The van der Waals surface area contributed by atoms with Crippen LogP contribution < -0.4 is 10.2 Å². The van der Waals surface area contributed by atoms with Gasteiger partial charge in [0.25, 0.3) is 0 Å². The van der Waals surface area contributed by atoms with Gasteiger partial charge in [-0.1, -0.05) is 18.2 Å². The van der Waals surface area contributed by atoms with Crippen molar-refractivity contribution in [1.82, 2.24) is 5.32 Å². The third kappa shape index (κ3) is 2.93. The fraction of sp³-hybridized carbons (Fsp3) is 0.625. The molecule has 1 saturated carbocycles. The van der Waals surface area contributed by atoms with E-state index in [1.165, 1.54) is 43.6 Å². The summed E-state index contributed by atoms with van der Waals surface area (Å²) in [7, 11) is 0. The van der Waals surface area contributed by atoms with Gasteiger partial charge in [-0.2, -0.15) is 0 Å². The molecule has 0 amide bonds. The van der Waals surface area contributed by atoms with Crippen LogP contribution in [0.5, 0.6) is 0 Å². The van der Waals surface area contributed by atoms with Crippen LogP contribution in [0.4, 0.5) is 5.69 Å². The Morgan fingerprint density at radius 2 is 1.84 bits per heavy atom. The molecule has 1 saturated heterocycles. The first-order valence-corrected chi connectivity index (χ1v) is 7.53. The maximum atomic E-state index is 10.1. The minimum atomic E-state index is -0.428. The van der Waals surface area contributed by atoms with Gasteiger partial charge < -0.3 is 15.3 Å². The van der Waals surface area contributed by atoms with Gasteiger partial charge in [-0.05, 0) is 43.7 Å². The number of hydrogen-bond donors (Lipinski definition) is 2. The summed E-state index contributed by atoms with van der Waals surface area (Å²) in [4.78, 5) is 2.48. The van der Waals surface area contributed by atoms with Crippen molar-refractivity contribution in [2.45, 2.75) is 44.2 Å². The van der Waals surface area contributed by atoms with Gasteiger partial charge >= 0.3 is 0 Å². The average Bonchev–Trinajstić information content (AvgIpc) is 2.91. The van der Waals surface area contributed by atoms with Gasteiger partial charge in [0.15, 0.2) is 0 Å². The summed E-state index contributed by atoms with van der Waals surface area (Å²) in [6.45, 7) is 3.94. The lowest BCUT2D eigenvalue weighted by atomic mass is 9.80. The molecular formula is C16H24N2O. The fourth-order valence-corrected chi connectivity index (χ4v) is 3.12. The third-order valence-corrected chi connectivity index (χ3v) is 4.49. The summed E-state index contributed by atoms with van der Waals surface area (Å²) in [5.74, 6) is 0. The summed E-state index contributed by atoms with van der Waals surface area (Å²) in [5.41, 5.74) is 2.29. The van der Waals surface area contributed by atoms with Crippen LogP contribution in [0.2, 0.25) is 0 Å². The molecule has 2 N–H and O–H groups in total. The molecule has 2 aliphatic rings. The molecule has 1 aliphatic carbocycles. The molecule has 1 aromatic carbocycles. The predicted molar refractivity (Wildman–Crippen MR) is 78.4 cm³/mol. The zero-order valence-corrected chi connectivity index (χ0v) is 11.6. The Bertz CT molecular complexity index is 423. The average molecular weight is 260 g/mol. The van der Waals surface area contributed by atoms with Crippen LogP contribution >= 0.6 is 0 Å². The van der Waals surface area contributed by atoms with Crippen LogP contribution in [-0.4, -0.2) is 30.3 Å². The molecule has 0 atom stereocenters. The van der Waals surface area contributed by atoms with Gasteiger partial charge in [0.1, 0.15) is 0 Å². The largest absolute Gasteiger partial charge is 0.389 e. The highest BCUT2D eigenvalue weighted by atomic mass is 16.3. The summed E-state index contributed by atoms with van der Waals surface area (Å²) in [5, 5.41) is 13.5. The van der Waals surface area contributed by atoms with Crippen molar-refractivity contribution in [1.29, 1.82) is 0 Å². The number of hydrogen-bond acceptors (Lipinski definition) is 3. The van der Waals surface area contributed by atoms with E-state index in [1.807, 2.05) is 0 Å². The van der Waals surface area contributed by atoms with E-state index >= 15 is 0 Å². The van der Waals surface area contributed by atoms with Crippen molar-refractivity contribution in [2.75, 3.05) is 24.5 Å². The van der Waals surface area contributed by atoms with Gasteiger partial charge in [0, 0.05) is 31.9 Å². The van der Waals surface area contributed by atoms with Crippen LogP contribution in [0.1, 0.15) is 37.7 Å². The lowest BCUT2D eigenvalue weighted by Gasteiger charge is -2.36. The fourth-order valence-electron chi connectivity index (χ4n) is 3.12. The Kier molecular flexibility index (Phi) is 3.76. The molecule has 0 radical (unpaired) electrons. The number of benzene rings is 1. The van der Waals surface area contributed by atoms with Crippen LogP contribution in [0, 0.1) is 0 Å². The summed E-state index contributed by atoms with van der Waals surface area (Å²) in [6, 6.07) is 8.65. The maximum absolute atomic E-state index is 10.1. The standard InChI is InChI=1S/C16H24N2O/c19-16(8-5-9-16)13-17-12-14-6-1-2-7-15(14)18-10-3-4-11-18/h1-2,6-7,17,19H,3-5,8-13H2. The monoisotopic (exact) mass is 260 g/mol. The Morgan fingerprint density at radius 3 is 2.53 bits per heavy atom. The zero-order chi connectivity index (χ0) is 13.1. The van der Waals surface area contributed by atoms with Gasteiger partial charge in [-0.25, -0.2) is 0 Å². The van der Waals surface area contributed by atoms with Gasteiger partial charge in [0.05, 0.1) is 5.60 Å². The first-order valence-electron chi connectivity index (χ1n) is 7.53. The molecule has 19 heavy (non-hydrogen) atoms. The second-order valence-corrected chi connectivity index (χ2v) is 6.00. The Morgan fingerprint density at radius 1 is 1.11 bits per heavy atom. The van der Waals surface area contributed by atoms with E-state index < -0.39 is 5.60 Å². The highest BCUT2D eigenvalue weighted by molar-refractivity contribution is 5.54. The van der Waals surface area contributed by atoms with Crippen molar-refractivity contribution in [3.63, 3.8) is 0 Å². The minimum Gasteiger partial charge on any atom is -0.389 e. The highest BCUT2D eigenvalue weighted by Gasteiger charge is 2.33. The molecule has 0 unspecified atom stereocenters. The maximum Gasteiger partial charge on any atom is 0.0771 e. The molecule has 1 aromatic rings. The van der Waals surface area contributed by atoms with E-state index in [2.05, 4.69) is 34.5 Å². The van der Waals surface area contributed by atoms with Crippen molar-refractivity contribution in [2.24, 2.45) is 0 Å². The summed E-state index contributed by atoms with van der Waals surface area (Å²) >= 11 is 0. The van der Waals surface area contributed by atoms with Crippen LogP contribution in [0.3, 0.4) is 0 Å². The number of nitrogens with one attached hydrogen (secondary N) is 1. The van der Waals surface area contributed by atoms with Crippen molar-refractivity contribution in [3.05, 3.63) is 29.8 Å². The van der Waals surface area contributed by atoms with Crippen LogP contribution in [0.15, 0.2) is 24.3 Å². The van der Waals surface area contributed by atoms with E-state index in [-0.39, 0.29) is 0 Å². The zero-order valence-electron chi connectivity index (χ0n) is 11.6. The normalized spacial score (nSPS) is 21.4. The first-order chi connectivity index (χ1) is 9.27. The molecule has 1 aliphatic heterocycles. The number of nitrogens with zero attached hydrogens (tertiary/aromatic N) is 1. The first kappa shape index (κ1) is 12.9. The number of aliphatic hydroxyl groups is 1. The van der Waals surface area contributed by atoms with Gasteiger partial charge in [0.2, 0.25) is 0 Å². The molecule has 0 spiro atoms. The molecule has 0 aromatic heterocycles. The molecule has 3 rings (SSSR count). The third-order valence-electron chi connectivity index (χ3n) is 4.49. The topological polar surface area (TPSA) is 35.5 Å². The number of rotatable bonds is 5. The summed E-state index contributed by atoms with van der Waals surface area (Å²) in [6.07, 6.45) is 5.69. The molecule has 2 fully saturated rings. The van der Waals surface area contributed by atoms with E-state index in [0.29, 0.717) is 0 Å². The lowest BCUT2D eigenvalue weighted by Crippen LogP contribution is -2.46.